The first kappa shape index (κ1) is 20.8. The van der Waals surface area contributed by atoms with Crippen LogP contribution in [-0.4, -0.2) is 16.7 Å². The van der Waals surface area contributed by atoms with Gasteiger partial charge < -0.3 is 15.8 Å². The first-order valence-corrected chi connectivity index (χ1v) is 9.10. The van der Waals surface area contributed by atoms with E-state index in [1.807, 2.05) is 0 Å². The van der Waals surface area contributed by atoms with Crippen molar-refractivity contribution in [1.82, 2.24) is 5.32 Å². The topological polar surface area (TPSA) is 125 Å². The Kier molecular flexibility index (Phi) is 6.29. The van der Waals surface area contributed by atoms with Crippen molar-refractivity contribution < 1.29 is 19.2 Å². The number of carbonyl (C=O) groups excluding carboxylic acids is 2. The standard InChI is InChI=1S/C21H16ClN3O5/c22-15-8-11-18(17(12-15)25(28)29)30-16-9-6-14(7-10-16)21(27)24-19(20(23)26)13-4-2-1-3-5-13/h1-12,19H,(H2,23,26)(H,24,27). The number of nitrogens with one attached hydrogen (secondary N) is 1. The van der Waals surface area contributed by atoms with E-state index in [-0.39, 0.29) is 27.8 Å². The van der Waals surface area contributed by atoms with Crippen LogP contribution in [0.4, 0.5) is 5.69 Å². The molecule has 0 aliphatic carbocycles. The van der Waals surface area contributed by atoms with Crippen LogP contribution in [0.3, 0.4) is 0 Å². The molecule has 1 unspecified atom stereocenters. The number of ether oxygens (including phenoxy) is 1. The fourth-order valence-electron chi connectivity index (χ4n) is 2.70. The Morgan fingerprint density at radius 3 is 2.30 bits per heavy atom. The van der Waals surface area contributed by atoms with Gasteiger partial charge in [0.05, 0.1) is 4.92 Å². The summed E-state index contributed by atoms with van der Waals surface area (Å²) < 4.78 is 5.54. The molecule has 1 atom stereocenters. The molecule has 152 valence electrons. The zero-order valence-electron chi connectivity index (χ0n) is 15.4. The molecule has 0 radical (unpaired) electrons. The van der Waals surface area contributed by atoms with Crippen LogP contribution < -0.4 is 15.8 Å². The van der Waals surface area contributed by atoms with Gasteiger partial charge in [-0.2, -0.15) is 0 Å². The molecule has 3 aromatic carbocycles. The van der Waals surface area contributed by atoms with Gasteiger partial charge in [0.15, 0.2) is 0 Å². The highest BCUT2D eigenvalue weighted by Gasteiger charge is 2.21. The Morgan fingerprint density at radius 1 is 1.03 bits per heavy atom. The summed E-state index contributed by atoms with van der Waals surface area (Å²) in [6.45, 7) is 0. The molecule has 0 aliphatic heterocycles. The molecule has 0 spiro atoms. The van der Waals surface area contributed by atoms with E-state index in [1.165, 1.54) is 42.5 Å². The Hall–Kier alpha value is -3.91. The molecule has 0 fully saturated rings. The molecule has 0 saturated carbocycles. The molecule has 30 heavy (non-hydrogen) atoms. The summed E-state index contributed by atoms with van der Waals surface area (Å²) in [6, 6.07) is 17.6. The number of hydrogen-bond donors (Lipinski definition) is 2. The largest absolute Gasteiger partial charge is 0.450 e. The van der Waals surface area contributed by atoms with Crippen LogP contribution in [0.1, 0.15) is 22.0 Å². The molecule has 3 N–H and O–H groups in total. The molecule has 3 aromatic rings. The monoisotopic (exact) mass is 425 g/mol. The number of rotatable bonds is 7. The number of benzene rings is 3. The minimum absolute atomic E-state index is 0.0134. The van der Waals surface area contributed by atoms with E-state index in [9.17, 15) is 19.7 Å². The van der Waals surface area contributed by atoms with Crippen molar-refractivity contribution in [3.8, 4) is 11.5 Å². The average Bonchev–Trinajstić information content (AvgIpc) is 2.74. The fourth-order valence-corrected chi connectivity index (χ4v) is 2.87. The van der Waals surface area contributed by atoms with Crippen LogP contribution in [-0.2, 0) is 4.79 Å². The van der Waals surface area contributed by atoms with E-state index in [0.717, 1.165) is 0 Å². The normalized spacial score (nSPS) is 11.4. The van der Waals surface area contributed by atoms with Gasteiger partial charge in [-0.1, -0.05) is 41.9 Å². The lowest BCUT2D eigenvalue weighted by Gasteiger charge is -2.16. The Labute approximate surface area is 176 Å². The fraction of sp³-hybridized carbons (Fsp3) is 0.0476. The molecule has 3 rings (SSSR count). The van der Waals surface area contributed by atoms with Gasteiger partial charge in [-0.25, -0.2) is 0 Å². The van der Waals surface area contributed by atoms with Gasteiger partial charge in [-0.3, -0.25) is 19.7 Å². The smallest absolute Gasteiger partial charge is 0.313 e. The summed E-state index contributed by atoms with van der Waals surface area (Å²) >= 11 is 5.79. The third kappa shape index (κ3) is 4.92. The molecule has 0 aromatic heterocycles. The van der Waals surface area contributed by atoms with Crippen LogP contribution in [0.2, 0.25) is 5.02 Å². The third-order valence-corrected chi connectivity index (χ3v) is 4.39. The number of nitrogens with zero attached hydrogens (tertiary/aromatic N) is 1. The molecule has 0 bridgehead atoms. The Morgan fingerprint density at radius 2 is 1.70 bits per heavy atom. The van der Waals surface area contributed by atoms with Crippen LogP contribution in [0, 0.1) is 10.1 Å². The lowest BCUT2D eigenvalue weighted by Crippen LogP contribution is -2.37. The van der Waals surface area contributed by atoms with E-state index in [0.29, 0.717) is 5.56 Å². The van der Waals surface area contributed by atoms with Crippen molar-refractivity contribution in [3.63, 3.8) is 0 Å². The molecular formula is C21H16ClN3O5. The van der Waals surface area contributed by atoms with E-state index >= 15 is 0 Å². The maximum Gasteiger partial charge on any atom is 0.313 e. The van der Waals surface area contributed by atoms with Gasteiger partial charge in [-0.15, -0.1) is 0 Å². The summed E-state index contributed by atoms with van der Waals surface area (Å²) in [5.41, 5.74) is 5.96. The molecular weight excluding hydrogens is 410 g/mol. The van der Waals surface area contributed by atoms with Crippen LogP contribution >= 0.6 is 11.6 Å². The van der Waals surface area contributed by atoms with Gasteiger partial charge in [0, 0.05) is 16.7 Å². The van der Waals surface area contributed by atoms with Gasteiger partial charge in [-0.05, 0) is 42.0 Å². The van der Waals surface area contributed by atoms with Gasteiger partial charge >= 0.3 is 5.69 Å². The maximum absolute atomic E-state index is 12.5. The van der Waals surface area contributed by atoms with Crippen LogP contribution in [0.5, 0.6) is 11.5 Å². The van der Waals surface area contributed by atoms with Crippen molar-refractivity contribution in [1.29, 1.82) is 0 Å². The number of carbonyl (C=O) groups is 2. The van der Waals surface area contributed by atoms with Crippen LogP contribution in [0.25, 0.3) is 0 Å². The number of nitrogens with two attached hydrogens (primary N) is 1. The minimum Gasteiger partial charge on any atom is -0.450 e. The minimum atomic E-state index is -0.980. The van der Waals surface area contributed by atoms with Crippen molar-refractivity contribution in [2.75, 3.05) is 0 Å². The second-order valence-electron chi connectivity index (χ2n) is 6.22. The summed E-state index contributed by atoms with van der Waals surface area (Å²) in [6.07, 6.45) is 0. The van der Waals surface area contributed by atoms with Crippen LogP contribution in [0.15, 0.2) is 72.8 Å². The quantitative estimate of drug-likeness (QED) is 0.437. The second-order valence-corrected chi connectivity index (χ2v) is 6.65. The summed E-state index contributed by atoms with van der Waals surface area (Å²) in [4.78, 5) is 34.8. The number of nitro groups is 1. The predicted molar refractivity (Wildman–Crippen MR) is 110 cm³/mol. The first-order valence-electron chi connectivity index (χ1n) is 8.72. The Balaban J connectivity index is 1.75. The molecule has 0 aliphatic rings. The van der Waals surface area contributed by atoms with E-state index in [2.05, 4.69) is 5.32 Å². The molecule has 2 amide bonds. The zero-order valence-corrected chi connectivity index (χ0v) is 16.2. The van der Waals surface area contributed by atoms with Crippen molar-refractivity contribution in [2.45, 2.75) is 6.04 Å². The number of nitro benzene ring substituents is 1. The highest BCUT2D eigenvalue weighted by atomic mass is 35.5. The lowest BCUT2D eigenvalue weighted by atomic mass is 10.1. The molecule has 8 nitrogen and oxygen atoms in total. The maximum atomic E-state index is 12.5. The SMILES string of the molecule is NC(=O)C(NC(=O)c1ccc(Oc2ccc(Cl)cc2[N+](=O)[O-])cc1)c1ccccc1. The summed E-state index contributed by atoms with van der Waals surface area (Å²) in [5.74, 6) is -0.901. The van der Waals surface area contributed by atoms with Crippen molar-refractivity contribution in [3.05, 3.63) is 99.1 Å². The summed E-state index contributed by atoms with van der Waals surface area (Å²) in [7, 11) is 0. The Bertz CT molecular complexity index is 1090. The average molecular weight is 426 g/mol. The number of halogens is 1. The molecule has 0 saturated heterocycles. The number of primary amides is 1. The molecule has 0 heterocycles. The first-order chi connectivity index (χ1) is 14.3. The predicted octanol–water partition coefficient (Wildman–Crippen LogP) is 4.00. The van der Waals surface area contributed by atoms with Crippen molar-refractivity contribution in [2.24, 2.45) is 5.73 Å². The van der Waals surface area contributed by atoms with E-state index < -0.39 is 22.8 Å². The van der Waals surface area contributed by atoms with Crippen molar-refractivity contribution >= 4 is 29.1 Å². The third-order valence-electron chi connectivity index (χ3n) is 4.15. The highest BCUT2D eigenvalue weighted by molar-refractivity contribution is 6.30. The van der Waals surface area contributed by atoms with Gasteiger partial charge in [0.25, 0.3) is 5.91 Å². The second kappa shape index (κ2) is 9.06. The zero-order chi connectivity index (χ0) is 21.7. The van der Waals surface area contributed by atoms with E-state index in [4.69, 9.17) is 22.1 Å². The number of hydrogen-bond acceptors (Lipinski definition) is 5. The van der Waals surface area contributed by atoms with E-state index in [1.54, 1.807) is 30.3 Å². The number of amides is 2. The van der Waals surface area contributed by atoms with Gasteiger partial charge in [0.1, 0.15) is 11.8 Å². The highest BCUT2D eigenvalue weighted by Crippen LogP contribution is 2.33. The lowest BCUT2D eigenvalue weighted by molar-refractivity contribution is -0.385. The molecule has 9 heteroatoms. The summed E-state index contributed by atoms with van der Waals surface area (Å²) in [5, 5.41) is 14.0. The van der Waals surface area contributed by atoms with Gasteiger partial charge in [0.2, 0.25) is 11.7 Å².